The van der Waals surface area contributed by atoms with Crippen molar-refractivity contribution in [2.24, 2.45) is 0 Å². The summed E-state index contributed by atoms with van der Waals surface area (Å²) in [6, 6.07) is -0.625. The highest BCUT2D eigenvalue weighted by molar-refractivity contribution is 5.76. The number of rotatable bonds is 61. The Bertz CT molecular complexity index is 1180. The van der Waals surface area contributed by atoms with E-state index in [0.717, 1.165) is 51.4 Å². The predicted molar refractivity (Wildman–Crippen MR) is 319 cm³/mol. The van der Waals surface area contributed by atoms with Crippen LogP contribution in [-0.2, 0) is 14.3 Å². The van der Waals surface area contributed by atoms with Gasteiger partial charge < -0.3 is 20.3 Å². The first kappa shape index (κ1) is 71.1. The molecule has 0 aromatic heterocycles. The number of nitrogens with one attached hydrogen (secondary N) is 1. The Hall–Kier alpha value is -1.92. The molecule has 0 unspecified atom stereocenters. The Morgan fingerprint density at radius 2 is 0.685 bits per heavy atom. The molecule has 73 heavy (non-hydrogen) atoms. The molecule has 0 heterocycles. The highest BCUT2D eigenvalue weighted by Gasteiger charge is 2.18. The summed E-state index contributed by atoms with van der Waals surface area (Å²) >= 11 is 0. The molecule has 0 bridgehead atoms. The molecule has 2 atom stereocenters. The van der Waals surface area contributed by atoms with Crippen LogP contribution < -0.4 is 5.32 Å². The molecular formula is C67H127NO5. The van der Waals surface area contributed by atoms with Crippen molar-refractivity contribution in [1.82, 2.24) is 5.32 Å². The number of allylic oxidation sites excluding steroid dienone is 5. The van der Waals surface area contributed by atoms with Crippen molar-refractivity contribution in [3.8, 4) is 0 Å². The van der Waals surface area contributed by atoms with Crippen molar-refractivity contribution < 1.29 is 24.5 Å². The van der Waals surface area contributed by atoms with Crippen LogP contribution in [0.4, 0.5) is 0 Å². The summed E-state index contributed by atoms with van der Waals surface area (Å²) in [6.07, 6.45) is 79.2. The van der Waals surface area contributed by atoms with Crippen molar-refractivity contribution in [2.75, 3.05) is 13.2 Å². The van der Waals surface area contributed by atoms with Gasteiger partial charge in [-0.3, -0.25) is 9.59 Å². The average molecular weight is 1030 g/mol. The fourth-order valence-electron chi connectivity index (χ4n) is 10.1. The number of unbranched alkanes of at least 4 members (excludes halogenated alkanes) is 46. The highest BCUT2D eigenvalue weighted by atomic mass is 16.5. The Kier molecular flexibility index (Phi) is 61.0. The first-order valence-electron chi connectivity index (χ1n) is 32.8. The summed E-state index contributed by atoms with van der Waals surface area (Å²) in [5.41, 5.74) is 0. The predicted octanol–water partition coefficient (Wildman–Crippen LogP) is 20.8. The normalized spacial score (nSPS) is 12.8. The van der Waals surface area contributed by atoms with Crippen LogP contribution in [0.25, 0.3) is 0 Å². The van der Waals surface area contributed by atoms with E-state index in [1.165, 1.54) is 276 Å². The molecule has 430 valence electrons. The lowest BCUT2D eigenvalue weighted by Crippen LogP contribution is -2.45. The summed E-state index contributed by atoms with van der Waals surface area (Å²) in [4.78, 5) is 24.5. The summed E-state index contributed by atoms with van der Waals surface area (Å²) < 4.78 is 5.48. The zero-order valence-corrected chi connectivity index (χ0v) is 49.1. The van der Waals surface area contributed by atoms with Gasteiger partial charge in [0.15, 0.2) is 0 Å². The summed E-state index contributed by atoms with van der Waals surface area (Å²) in [6.45, 7) is 4.89. The zero-order chi connectivity index (χ0) is 52.9. The van der Waals surface area contributed by atoms with Gasteiger partial charge in [-0.1, -0.05) is 314 Å². The van der Waals surface area contributed by atoms with E-state index in [9.17, 15) is 19.8 Å². The Morgan fingerprint density at radius 1 is 0.384 bits per heavy atom. The molecule has 0 rings (SSSR count). The topological polar surface area (TPSA) is 95.9 Å². The molecule has 1 amide bonds. The van der Waals surface area contributed by atoms with Crippen LogP contribution in [0.15, 0.2) is 36.5 Å². The lowest BCUT2D eigenvalue weighted by molar-refractivity contribution is -0.143. The quantitative estimate of drug-likeness (QED) is 0.0320. The molecule has 0 spiro atoms. The van der Waals surface area contributed by atoms with Crippen molar-refractivity contribution in [2.45, 2.75) is 366 Å². The third kappa shape index (κ3) is 59.2. The Labute approximate surface area is 455 Å². The highest BCUT2D eigenvalue weighted by Crippen LogP contribution is 2.18. The van der Waals surface area contributed by atoms with E-state index in [-0.39, 0.29) is 18.5 Å². The van der Waals surface area contributed by atoms with Crippen LogP contribution in [-0.4, -0.2) is 47.4 Å². The second-order valence-electron chi connectivity index (χ2n) is 22.5. The molecule has 6 nitrogen and oxygen atoms in total. The fourth-order valence-corrected chi connectivity index (χ4v) is 10.1. The van der Waals surface area contributed by atoms with Crippen molar-refractivity contribution >= 4 is 11.9 Å². The first-order valence-corrected chi connectivity index (χ1v) is 32.8. The minimum atomic E-state index is -0.842. The molecule has 0 radical (unpaired) electrons. The maximum absolute atomic E-state index is 12.5. The summed E-state index contributed by atoms with van der Waals surface area (Å²) in [5.74, 6) is -0.0604. The fraction of sp³-hybridized carbons (Fsp3) is 0.881. The van der Waals surface area contributed by atoms with Gasteiger partial charge in [-0.15, -0.1) is 0 Å². The second kappa shape index (κ2) is 62.6. The number of hydrogen-bond acceptors (Lipinski definition) is 5. The number of amides is 1. The average Bonchev–Trinajstić information content (AvgIpc) is 3.39. The number of hydrogen-bond donors (Lipinski definition) is 3. The van der Waals surface area contributed by atoms with Crippen molar-refractivity contribution in [1.29, 1.82) is 0 Å². The largest absolute Gasteiger partial charge is 0.466 e. The Balaban J connectivity index is 3.36. The van der Waals surface area contributed by atoms with Gasteiger partial charge >= 0.3 is 5.97 Å². The maximum atomic E-state index is 12.5. The third-order valence-corrected chi connectivity index (χ3v) is 15.2. The number of aliphatic hydroxyl groups excluding tert-OH is 2. The van der Waals surface area contributed by atoms with Crippen molar-refractivity contribution in [3.05, 3.63) is 36.5 Å². The SMILES string of the molecule is CCCCC/C=C\C/C=C\CCCCCCCC(=O)OCCCCCCCCCCCCCCCCCCCCCCCCCCCCCC(=O)N[C@@H](CO)[C@H](O)/C=C/CCCCCCCCCCCCCC. The molecule has 0 aliphatic heterocycles. The van der Waals surface area contributed by atoms with Crippen LogP contribution >= 0.6 is 0 Å². The molecular weight excluding hydrogens is 899 g/mol. The number of ether oxygens (including phenoxy) is 1. The standard InChI is InChI=1S/C67H127NO5/c1-3-5-7-9-11-13-15-17-32-37-41-45-49-53-57-61-67(72)73-62-58-54-50-46-42-38-34-31-29-27-25-23-21-19-20-22-24-26-28-30-33-36-40-44-48-52-56-60-66(71)68-64(63-69)65(70)59-55-51-47-43-39-35-18-16-14-12-10-8-6-4-2/h11,13,17,32,55,59,64-65,69-70H,3-10,12,14-16,18-31,33-54,56-58,60-63H2,1-2H3,(H,68,71)/b13-11-,32-17-,59-55+/t64-,65+/m0/s1. The summed E-state index contributed by atoms with van der Waals surface area (Å²) in [7, 11) is 0. The molecule has 6 heteroatoms. The van der Waals surface area contributed by atoms with Gasteiger partial charge in [-0.25, -0.2) is 0 Å². The molecule has 0 fully saturated rings. The molecule has 0 aliphatic carbocycles. The number of carbonyl (C=O) groups excluding carboxylic acids is 2. The molecule has 0 saturated carbocycles. The summed E-state index contributed by atoms with van der Waals surface area (Å²) in [5, 5.41) is 23.1. The molecule has 0 aromatic carbocycles. The zero-order valence-electron chi connectivity index (χ0n) is 49.1. The van der Waals surface area contributed by atoms with Crippen LogP contribution in [0.1, 0.15) is 354 Å². The van der Waals surface area contributed by atoms with Gasteiger partial charge in [0.05, 0.1) is 25.4 Å². The lowest BCUT2D eigenvalue weighted by Gasteiger charge is -2.20. The number of carbonyl (C=O) groups is 2. The van der Waals surface area contributed by atoms with Crippen LogP contribution in [0.2, 0.25) is 0 Å². The van der Waals surface area contributed by atoms with Gasteiger partial charge in [0.2, 0.25) is 5.91 Å². The molecule has 0 aliphatic rings. The first-order chi connectivity index (χ1) is 36.0. The number of aliphatic hydroxyl groups is 2. The van der Waals surface area contributed by atoms with E-state index < -0.39 is 12.1 Å². The van der Waals surface area contributed by atoms with Crippen molar-refractivity contribution in [3.63, 3.8) is 0 Å². The van der Waals surface area contributed by atoms with Gasteiger partial charge in [-0.2, -0.15) is 0 Å². The van der Waals surface area contributed by atoms with E-state index in [2.05, 4.69) is 43.5 Å². The van der Waals surface area contributed by atoms with Gasteiger partial charge in [0, 0.05) is 12.8 Å². The monoisotopic (exact) mass is 1030 g/mol. The third-order valence-electron chi connectivity index (χ3n) is 15.2. The minimum Gasteiger partial charge on any atom is -0.466 e. The van der Waals surface area contributed by atoms with Crippen LogP contribution in [0, 0.1) is 0 Å². The van der Waals surface area contributed by atoms with Crippen LogP contribution in [0.3, 0.4) is 0 Å². The van der Waals surface area contributed by atoms with E-state index in [4.69, 9.17) is 4.74 Å². The van der Waals surface area contributed by atoms with Gasteiger partial charge in [0.25, 0.3) is 0 Å². The van der Waals surface area contributed by atoms with E-state index in [1.54, 1.807) is 6.08 Å². The van der Waals surface area contributed by atoms with Crippen LogP contribution in [0.5, 0.6) is 0 Å². The van der Waals surface area contributed by atoms with Gasteiger partial charge in [-0.05, 0) is 64.2 Å². The Morgan fingerprint density at radius 3 is 1.07 bits per heavy atom. The molecule has 0 aromatic rings. The van der Waals surface area contributed by atoms with E-state index in [1.807, 2.05) is 6.08 Å². The van der Waals surface area contributed by atoms with E-state index >= 15 is 0 Å². The smallest absolute Gasteiger partial charge is 0.305 e. The lowest BCUT2D eigenvalue weighted by atomic mass is 10.0. The number of esters is 1. The molecule has 3 N–H and O–H groups in total. The second-order valence-corrected chi connectivity index (χ2v) is 22.5. The minimum absolute atomic E-state index is 0.00373. The van der Waals surface area contributed by atoms with Gasteiger partial charge in [0.1, 0.15) is 0 Å². The maximum Gasteiger partial charge on any atom is 0.305 e. The van der Waals surface area contributed by atoms with E-state index in [0.29, 0.717) is 19.4 Å². The molecule has 0 saturated heterocycles.